The summed E-state index contributed by atoms with van der Waals surface area (Å²) in [6.07, 6.45) is 7.38. The number of aromatic nitrogens is 1. The number of pyridine rings is 1. The predicted octanol–water partition coefficient (Wildman–Crippen LogP) is 1.87. The van der Waals surface area contributed by atoms with E-state index < -0.39 is 0 Å². The molecule has 1 unspecified atom stereocenters. The van der Waals surface area contributed by atoms with Crippen molar-refractivity contribution in [2.24, 2.45) is 0 Å². The van der Waals surface area contributed by atoms with Crippen molar-refractivity contribution in [1.82, 2.24) is 15.2 Å². The number of nitrogens with one attached hydrogen (secondary N) is 1. The molecule has 1 aromatic carbocycles. The van der Waals surface area contributed by atoms with E-state index in [1.54, 1.807) is 12.4 Å². The summed E-state index contributed by atoms with van der Waals surface area (Å²) in [5, 5.41) is 3.19. The average Bonchev–Trinajstić information content (AvgIpc) is 3.33. The first-order chi connectivity index (χ1) is 12.3. The molecular formula is C19H19N3O3. The van der Waals surface area contributed by atoms with Crippen LogP contribution in [0.25, 0.3) is 0 Å². The lowest BCUT2D eigenvalue weighted by Gasteiger charge is -2.25. The summed E-state index contributed by atoms with van der Waals surface area (Å²) in [5.41, 5.74) is 2.06. The van der Waals surface area contributed by atoms with Crippen molar-refractivity contribution in [3.8, 4) is 11.5 Å². The summed E-state index contributed by atoms with van der Waals surface area (Å²) in [6, 6.07) is 9.39. The van der Waals surface area contributed by atoms with Gasteiger partial charge in [-0.05, 0) is 35.4 Å². The van der Waals surface area contributed by atoms with Crippen molar-refractivity contribution in [3.63, 3.8) is 0 Å². The quantitative estimate of drug-likeness (QED) is 0.844. The molecule has 0 bridgehead atoms. The Morgan fingerprint density at radius 3 is 2.72 bits per heavy atom. The standard InChI is InChI=1S/C19H19N3O3/c23-19(16-2-1-7-21-16)22(11-14-5-8-20-9-6-14)12-15-3-4-17-18(10-15)25-13-24-17/h1-6,8-10,16,21H,7,11-13H2. The van der Waals surface area contributed by atoms with Gasteiger partial charge in [0.05, 0.1) is 0 Å². The molecule has 1 amide bonds. The van der Waals surface area contributed by atoms with Crippen molar-refractivity contribution >= 4 is 5.91 Å². The second-order valence-corrected chi connectivity index (χ2v) is 6.05. The number of rotatable bonds is 5. The molecule has 3 heterocycles. The van der Waals surface area contributed by atoms with Crippen molar-refractivity contribution in [3.05, 3.63) is 66.0 Å². The first-order valence-corrected chi connectivity index (χ1v) is 8.26. The van der Waals surface area contributed by atoms with Gasteiger partial charge >= 0.3 is 0 Å². The molecule has 0 saturated carbocycles. The van der Waals surface area contributed by atoms with E-state index in [0.717, 1.165) is 29.2 Å². The molecule has 1 N–H and O–H groups in total. The highest BCUT2D eigenvalue weighted by Crippen LogP contribution is 2.33. The molecule has 0 radical (unpaired) electrons. The number of carbonyl (C=O) groups is 1. The van der Waals surface area contributed by atoms with Crippen LogP contribution in [0, 0.1) is 0 Å². The van der Waals surface area contributed by atoms with Crippen LogP contribution in [-0.2, 0) is 17.9 Å². The Balaban J connectivity index is 1.56. The second kappa shape index (κ2) is 6.94. The predicted molar refractivity (Wildman–Crippen MR) is 92.0 cm³/mol. The van der Waals surface area contributed by atoms with Gasteiger partial charge in [0.15, 0.2) is 11.5 Å². The molecule has 2 aliphatic heterocycles. The van der Waals surface area contributed by atoms with Crippen molar-refractivity contribution in [2.45, 2.75) is 19.1 Å². The topological polar surface area (TPSA) is 63.7 Å². The first kappa shape index (κ1) is 15.7. The molecule has 2 aromatic rings. The zero-order chi connectivity index (χ0) is 17.1. The van der Waals surface area contributed by atoms with Crippen molar-refractivity contribution < 1.29 is 14.3 Å². The Labute approximate surface area is 146 Å². The van der Waals surface area contributed by atoms with Crippen LogP contribution < -0.4 is 14.8 Å². The summed E-state index contributed by atoms with van der Waals surface area (Å²) in [4.78, 5) is 18.8. The summed E-state index contributed by atoms with van der Waals surface area (Å²) in [5.74, 6) is 1.53. The van der Waals surface area contributed by atoms with Gasteiger partial charge in [0.25, 0.3) is 0 Å². The fourth-order valence-electron chi connectivity index (χ4n) is 3.01. The largest absolute Gasteiger partial charge is 0.454 e. The van der Waals surface area contributed by atoms with Crippen LogP contribution in [0.5, 0.6) is 11.5 Å². The van der Waals surface area contributed by atoms with E-state index in [2.05, 4.69) is 10.3 Å². The maximum Gasteiger partial charge on any atom is 0.244 e. The molecule has 0 spiro atoms. The summed E-state index contributed by atoms with van der Waals surface area (Å²) < 4.78 is 10.8. The fourth-order valence-corrected chi connectivity index (χ4v) is 3.01. The Bertz CT molecular complexity index is 792. The number of amides is 1. The van der Waals surface area contributed by atoms with E-state index in [1.165, 1.54) is 0 Å². The van der Waals surface area contributed by atoms with Crippen LogP contribution in [0.3, 0.4) is 0 Å². The summed E-state index contributed by atoms with van der Waals surface area (Å²) in [7, 11) is 0. The van der Waals surface area contributed by atoms with Gasteiger partial charge < -0.3 is 14.4 Å². The third kappa shape index (κ3) is 3.49. The minimum atomic E-state index is -0.268. The van der Waals surface area contributed by atoms with E-state index in [1.807, 2.05) is 47.4 Å². The van der Waals surface area contributed by atoms with E-state index >= 15 is 0 Å². The van der Waals surface area contributed by atoms with Gasteiger partial charge in [-0.15, -0.1) is 0 Å². The molecule has 4 rings (SSSR count). The van der Waals surface area contributed by atoms with Gasteiger partial charge in [0, 0.05) is 32.0 Å². The van der Waals surface area contributed by atoms with Crippen molar-refractivity contribution in [1.29, 1.82) is 0 Å². The Morgan fingerprint density at radius 2 is 1.92 bits per heavy atom. The monoisotopic (exact) mass is 337 g/mol. The molecule has 0 fully saturated rings. The molecule has 1 atom stereocenters. The van der Waals surface area contributed by atoms with Crippen LogP contribution in [0.15, 0.2) is 54.9 Å². The van der Waals surface area contributed by atoms with E-state index in [4.69, 9.17) is 9.47 Å². The highest BCUT2D eigenvalue weighted by Gasteiger charge is 2.24. The maximum atomic E-state index is 12.9. The molecule has 128 valence electrons. The number of hydrogen-bond donors (Lipinski definition) is 1. The van der Waals surface area contributed by atoms with Crippen LogP contribution in [0.1, 0.15) is 11.1 Å². The smallest absolute Gasteiger partial charge is 0.244 e. The summed E-state index contributed by atoms with van der Waals surface area (Å²) >= 11 is 0. The lowest BCUT2D eigenvalue weighted by atomic mass is 10.1. The van der Waals surface area contributed by atoms with E-state index in [0.29, 0.717) is 13.1 Å². The van der Waals surface area contributed by atoms with Gasteiger partial charge in [-0.25, -0.2) is 0 Å². The molecular weight excluding hydrogens is 318 g/mol. The number of hydrogen-bond acceptors (Lipinski definition) is 5. The maximum absolute atomic E-state index is 12.9. The van der Waals surface area contributed by atoms with Crippen LogP contribution in [-0.4, -0.2) is 35.2 Å². The van der Waals surface area contributed by atoms with Gasteiger partial charge in [0.2, 0.25) is 12.7 Å². The van der Waals surface area contributed by atoms with Gasteiger partial charge in [-0.1, -0.05) is 18.2 Å². The first-order valence-electron chi connectivity index (χ1n) is 8.26. The number of fused-ring (bicyclic) bond motifs is 1. The Hall–Kier alpha value is -2.86. The highest BCUT2D eigenvalue weighted by molar-refractivity contribution is 5.84. The van der Waals surface area contributed by atoms with Crippen LogP contribution in [0.4, 0.5) is 0 Å². The number of benzene rings is 1. The molecule has 0 aliphatic carbocycles. The number of carbonyl (C=O) groups excluding carboxylic acids is 1. The second-order valence-electron chi connectivity index (χ2n) is 6.05. The molecule has 6 nitrogen and oxygen atoms in total. The van der Waals surface area contributed by atoms with Gasteiger partial charge in [0.1, 0.15) is 6.04 Å². The van der Waals surface area contributed by atoms with E-state index in [-0.39, 0.29) is 18.7 Å². The van der Waals surface area contributed by atoms with E-state index in [9.17, 15) is 4.79 Å². The molecule has 1 aromatic heterocycles. The fraction of sp³-hybridized carbons (Fsp3) is 0.263. The average molecular weight is 337 g/mol. The Kier molecular flexibility index (Phi) is 4.35. The molecule has 25 heavy (non-hydrogen) atoms. The third-order valence-electron chi connectivity index (χ3n) is 4.30. The molecule has 0 saturated heterocycles. The Morgan fingerprint density at radius 1 is 1.12 bits per heavy atom. The lowest BCUT2D eigenvalue weighted by Crippen LogP contribution is -2.42. The van der Waals surface area contributed by atoms with Gasteiger partial charge in [-0.2, -0.15) is 0 Å². The van der Waals surface area contributed by atoms with Gasteiger partial charge in [-0.3, -0.25) is 15.1 Å². The van der Waals surface area contributed by atoms with Crippen LogP contribution in [0.2, 0.25) is 0 Å². The number of nitrogens with zero attached hydrogens (tertiary/aromatic N) is 2. The molecule has 6 heteroatoms. The zero-order valence-corrected chi connectivity index (χ0v) is 13.7. The molecule has 2 aliphatic rings. The minimum absolute atomic E-state index is 0.0585. The van der Waals surface area contributed by atoms with Crippen molar-refractivity contribution in [2.75, 3.05) is 13.3 Å². The highest BCUT2D eigenvalue weighted by atomic mass is 16.7. The van der Waals surface area contributed by atoms with Crippen LogP contribution >= 0.6 is 0 Å². The SMILES string of the molecule is O=C(C1C=CCN1)N(Cc1ccncc1)Cc1ccc2c(c1)OCO2. The zero-order valence-electron chi connectivity index (χ0n) is 13.7. The minimum Gasteiger partial charge on any atom is -0.454 e. The lowest BCUT2D eigenvalue weighted by molar-refractivity contribution is -0.133. The third-order valence-corrected chi connectivity index (χ3v) is 4.30. The number of ether oxygens (including phenoxy) is 2. The summed E-state index contributed by atoms with van der Waals surface area (Å²) in [6.45, 7) is 2.00. The normalized spacial score (nSPS) is 17.7.